The molecular formula is C12H9BrClN3O. The van der Waals surface area contributed by atoms with Crippen molar-refractivity contribution in [2.75, 3.05) is 5.32 Å². The van der Waals surface area contributed by atoms with Crippen LogP contribution < -0.4 is 5.32 Å². The number of carbonyl (C=O) groups is 1. The van der Waals surface area contributed by atoms with Gasteiger partial charge in [0.15, 0.2) is 5.82 Å². The predicted molar refractivity (Wildman–Crippen MR) is 73.9 cm³/mol. The molecule has 2 aromatic rings. The molecular weight excluding hydrogens is 318 g/mol. The Hall–Kier alpha value is -1.46. The third-order valence-electron chi connectivity index (χ3n) is 2.36. The van der Waals surface area contributed by atoms with E-state index in [1.54, 1.807) is 12.1 Å². The maximum Gasteiger partial charge on any atom is 0.257 e. The number of nitrogens with zero attached hydrogens (tertiary/aromatic N) is 2. The van der Waals surface area contributed by atoms with Gasteiger partial charge in [0.25, 0.3) is 5.91 Å². The van der Waals surface area contributed by atoms with Crippen molar-refractivity contribution in [1.29, 1.82) is 0 Å². The van der Waals surface area contributed by atoms with Crippen LogP contribution in [0.15, 0.2) is 35.1 Å². The maximum absolute atomic E-state index is 12.1. The summed E-state index contributed by atoms with van der Waals surface area (Å²) in [6, 6.07) is 5.42. The number of rotatable bonds is 2. The molecule has 1 N–H and O–H groups in total. The molecule has 0 saturated heterocycles. The molecule has 1 aromatic carbocycles. The largest absolute Gasteiger partial charge is 0.305 e. The van der Waals surface area contributed by atoms with Gasteiger partial charge in [-0.2, -0.15) is 0 Å². The molecule has 18 heavy (non-hydrogen) atoms. The Kier molecular flexibility index (Phi) is 3.93. The number of anilines is 1. The first-order valence-electron chi connectivity index (χ1n) is 5.12. The molecule has 1 aromatic heterocycles. The van der Waals surface area contributed by atoms with Crippen LogP contribution in [0.2, 0.25) is 5.15 Å². The topological polar surface area (TPSA) is 54.9 Å². The van der Waals surface area contributed by atoms with Crippen molar-refractivity contribution in [2.45, 2.75) is 6.92 Å². The number of carbonyl (C=O) groups excluding carboxylic acids is 1. The van der Waals surface area contributed by atoms with Crippen LogP contribution in [0.25, 0.3) is 0 Å². The molecule has 0 bridgehead atoms. The predicted octanol–water partition coefficient (Wildman–Crippen LogP) is 3.45. The number of amides is 1. The average Bonchev–Trinajstić information content (AvgIpc) is 2.32. The number of nitrogens with one attached hydrogen (secondary N) is 1. The first-order valence-corrected chi connectivity index (χ1v) is 6.29. The zero-order valence-electron chi connectivity index (χ0n) is 9.45. The second-order valence-corrected chi connectivity index (χ2v) is 4.84. The van der Waals surface area contributed by atoms with Crippen molar-refractivity contribution in [2.24, 2.45) is 0 Å². The Balaban J connectivity index is 2.25. The van der Waals surface area contributed by atoms with Crippen molar-refractivity contribution in [1.82, 2.24) is 9.97 Å². The highest BCUT2D eigenvalue weighted by atomic mass is 79.9. The van der Waals surface area contributed by atoms with Crippen molar-refractivity contribution >= 4 is 39.3 Å². The highest BCUT2D eigenvalue weighted by Gasteiger charge is 2.11. The van der Waals surface area contributed by atoms with Crippen molar-refractivity contribution in [3.05, 3.63) is 51.3 Å². The van der Waals surface area contributed by atoms with Crippen LogP contribution in [-0.4, -0.2) is 15.9 Å². The van der Waals surface area contributed by atoms with Gasteiger partial charge in [-0.3, -0.25) is 9.78 Å². The zero-order chi connectivity index (χ0) is 13.1. The minimum Gasteiger partial charge on any atom is -0.305 e. The molecule has 0 saturated carbocycles. The zero-order valence-corrected chi connectivity index (χ0v) is 11.8. The van der Waals surface area contributed by atoms with Crippen LogP contribution in [-0.2, 0) is 0 Å². The van der Waals surface area contributed by atoms with Crippen LogP contribution in [0, 0.1) is 6.92 Å². The van der Waals surface area contributed by atoms with Crippen LogP contribution in [0.5, 0.6) is 0 Å². The van der Waals surface area contributed by atoms with Gasteiger partial charge in [0, 0.05) is 10.0 Å². The second kappa shape index (κ2) is 5.46. The lowest BCUT2D eigenvalue weighted by Gasteiger charge is -2.08. The van der Waals surface area contributed by atoms with Gasteiger partial charge in [0.05, 0.1) is 12.4 Å². The standard InChI is InChI=1S/C12H9BrClN3O/c1-7-8(3-2-4-9(7)13)12(18)17-11-6-15-5-10(14)16-11/h2-6H,1H3,(H,16,17,18). The first kappa shape index (κ1) is 13.0. The van der Waals surface area contributed by atoms with E-state index in [4.69, 9.17) is 11.6 Å². The Morgan fingerprint density at radius 1 is 1.39 bits per heavy atom. The molecule has 0 aliphatic rings. The lowest BCUT2D eigenvalue weighted by molar-refractivity contribution is 0.102. The number of aromatic nitrogens is 2. The van der Waals surface area contributed by atoms with Crippen molar-refractivity contribution in [3.63, 3.8) is 0 Å². The van der Waals surface area contributed by atoms with E-state index in [0.717, 1.165) is 10.0 Å². The van der Waals surface area contributed by atoms with Gasteiger partial charge in [0.2, 0.25) is 0 Å². The minimum absolute atomic E-state index is 0.235. The Bertz CT molecular complexity index is 604. The lowest BCUT2D eigenvalue weighted by Crippen LogP contribution is -2.14. The van der Waals surface area contributed by atoms with E-state index in [-0.39, 0.29) is 11.1 Å². The van der Waals surface area contributed by atoms with Crippen LogP contribution in [0.3, 0.4) is 0 Å². The second-order valence-electron chi connectivity index (χ2n) is 3.59. The summed E-state index contributed by atoms with van der Waals surface area (Å²) in [5, 5.41) is 2.88. The molecule has 0 spiro atoms. The van der Waals surface area contributed by atoms with Crippen LogP contribution in [0.4, 0.5) is 5.82 Å². The molecule has 0 aliphatic heterocycles. The number of halogens is 2. The summed E-state index contributed by atoms with van der Waals surface area (Å²) in [5.41, 5.74) is 1.44. The van der Waals surface area contributed by atoms with Crippen molar-refractivity contribution < 1.29 is 4.79 Å². The summed E-state index contributed by atoms with van der Waals surface area (Å²) in [5.74, 6) is 0.0808. The summed E-state index contributed by atoms with van der Waals surface area (Å²) in [6.07, 6.45) is 2.85. The average molecular weight is 327 g/mol. The van der Waals surface area contributed by atoms with E-state index in [1.807, 2.05) is 13.0 Å². The van der Waals surface area contributed by atoms with Gasteiger partial charge < -0.3 is 5.32 Å². The third-order valence-corrected chi connectivity index (χ3v) is 3.40. The Labute approximate surface area is 118 Å². The molecule has 0 atom stereocenters. The van der Waals surface area contributed by atoms with Crippen molar-refractivity contribution in [3.8, 4) is 0 Å². The number of hydrogen-bond acceptors (Lipinski definition) is 3. The Morgan fingerprint density at radius 3 is 2.89 bits per heavy atom. The van der Waals surface area contributed by atoms with E-state index in [2.05, 4.69) is 31.2 Å². The molecule has 0 radical (unpaired) electrons. The Morgan fingerprint density at radius 2 is 2.17 bits per heavy atom. The van der Waals surface area contributed by atoms with E-state index in [9.17, 15) is 4.79 Å². The van der Waals surface area contributed by atoms with Gasteiger partial charge in [-0.15, -0.1) is 0 Å². The van der Waals surface area contributed by atoms with E-state index in [0.29, 0.717) is 11.4 Å². The monoisotopic (exact) mass is 325 g/mol. The SMILES string of the molecule is Cc1c(Br)cccc1C(=O)Nc1cncc(Cl)n1. The fraction of sp³-hybridized carbons (Fsp3) is 0.0833. The quantitative estimate of drug-likeness (QED) is 0.919. The van der Waals surface area contributed by atoms with Gasteiger partial charge in [-0.1, -0.05) is 33.6 Å². The number of hydrogen-bond donors (Lipinski definition) is 1. The molecule has 0 unspecified atom stereocenters. The highest BCUT2D eigenvalue weighted by molar-refractivity contribution is 9.10. The molecule has 4 nitrogen and oxygen atoms in total. The van der Waals surface area contributed by atoms with Crippen LogP contribution in [0.1, 0.15) is 15.9 Å². The normalized spacial score (nSPS) is 10.2. The van der Waals surface area contributed by atoms with Gasteiger partial charge >= 0.3 is 0 Å². The fourth-order valence-corrected chi connectivity index (χ4v) is 1.95. The first-order chi connectivity index (χ1) is 8.58. The van der Waals surface area contributed by atoms with Gasteiger partial charge in [-0.05, 0) is 24.6 Å². The minimum atomic E-state index is -0.245. The van der Waals surface area contributed by atoms with Crippen LogP contribution >= 0.6 is 27.5 Å². The highest BCUT2D eigenvalue weighted by Crippen LogP contribution is 2.20. The molecule has 92 valence electrons. The van der Waals surface area contributed by atoms with Gasteiger partial charge in [-0.25, -0.2) is 4.98 Å². The molecule has 2 rings (SSSR count). The third kappa shape index (κ3) is 2.86. The summed E-state index contributed by atoms with van der Waals surface area (Å²) in [7, 11) is 0. The molecule has 0 fully saturated rings. The van der Waals surface area contributed by atoms with E-state index >= 15 is 0 Å². The molecule has 1 amide bonds. The van der Waals surface area contributed by atoms with E-state index in [1.165, 1.54) is 12.4 Å². The summed E-state index contributed by atoms with van der Waals surface area (Å²) >= 11 is 9.08. The molecule has 6 heteroatoms. The fourth-order valence-electron chi connectivity index (χ4n) is 1.44. The summed E-state index contributed by atoms with van der Waals surface area (Å²) < 4.78 is 0.882. The molecule has 0 aliphatic carbocycles. The lowest BCUT2D eigenvalue weighted by atomic mass is 10.1. The van der Waals surface area contributed by atoms with Gasteiger partial charge in [0.1, 0.15) is 5.15 Å². The van der Waals surface area contributed by atoms with E-state index < -0.39 is 0 Å². The maximum atomic E-state index is 12.1. The summed E-state index contributed by atoms with van der Waals surface area (Å²) in [6.45, 7) is 1.86. The number of benzene rings is 1. The summed E-state index contributed by atoms with van der Waals surface area (Å²) in [4.78, 5) is 19.9. The smallest absolute Gasteiger partial charge is 0.257 e. The molecule has 1 heterocycles.